The Balaban J connectivity index is 1.93. The molecule has 4 heteroatoms. The first-order valence-electron chi connectivity index (χ1n) is 7.71. The van der Waals surface area contributed by atoms with Gasteiger partial charge in [0, 0.05) is 29.8 Å². The molecule has 2 aliphatic heterocycles. The number of likely N-dealkylation sites (N-methyl/N-ethyl adjacent to an activating group) is 1. The summed E-state index contributed by atoms with van der Waals surface area (Å²) in [6, 6.07) is 16.2. The average molecular weight is 325 g/mol. The van der Waals surface area contributed by atoms with Gasteiger partial charge in [-0.25, -0.2) is 0 Å². The second-order valence-electron chi connectivity index (χ2n) is 5.77. The maximum Gasteiger partial charge on any atom is 0.129 e. The normalized spacial score (nSPS) is 17.0. The number of halogens is 1. The molecule has 2 heterocycles. The summed E-state index contributed by atoms with van der Waals surface area (Å²) < 4.78 is 5.98. The summed E-state index contributed by atoms with van der Waals surface area (Å²) in [5.74, 6) is 0.855. The molecular weight excluding hydrogens is 308 g/mol. The highest BCUT2D eigenvalue weighted by molar-refractivity contribution is 6.31. The van der Waals surface area contributed by atoms with Crippen molar-refractivity contribution in [3.63, 3.8) is 0 Å². The van der Waals surface area contributed by atoms with Crippen LogP contribution in [-0.2, 0) is 0 Å². The van der Waals surface area contributed by atoms with Gasteiger partial charge in [-0.2, -0.15) is 0 Å². The van der Waals surface area contributed by atoms with Crippen molar-refractivity contribution in [1.29, 1.82) is 0 Å². The van der Waals surface area contributed by atoms with Crippen LogP contribution in [0, 0.1) is 0 Å². The van der Waals surface area contributed by atoms with Gasteiger partial charge in [0.25, 0.3) is 0 Å². The first-order valence-corrected chi connectivity index (χ1v) is 8.09. The van der Waals surface area contributed by atoms with E-state index in [1.807, 2.05) is 24.3 Å². The van der Waals surface area contributed by atoms with Crippen molar-refractivity contribution >= 4 is 23.0 Å². The summed E-state index contributed by atoms with van der Waals surface area (Å²) in [6.07, 6.45) is 0. The lowest BCUT2D eigenvalue weighted by Gasteiger charge is -2.27. The third-order valence-corrected chi connectivity index (χ3v) is 4.51. The Morgan fingerprint density at radius 1 is 1.13 bits per heavy atom. The Hall–Kier alpha value is -2.26. The van der Waals surface area contributed by atoms with E-state index in [9.17, 15) is 0 Å². The minimum atomic E-state index is 0.530. The maximum atomic E-state index is 6.19. The first kappa shape index (κ1) is 14.3. The van der Waals surface area contributed by atoms with Crippen LogP contribution in [-0.4, -0.2) is 37.4 Å². The van der Waals surface area contributed by atoms with Crippen LogP contribution >= 0.6 is 11.6 Å². The molecule has 116 valence electrons. The van der Waals surface area contributed by atoms with Crippen LogP contribution in [0.15, 0.2) is 59.1 Å². The molecule has 0 aromatic heterocycles. The quantitative estimate of drug-likeness (QED) is 0.795. The van der Waals surface area contributed by atoms with Gasteiger partial charge in [-0.15, -0.1) is 0 Å². The Morgan fingerprint density at radius 3 is 2.78 bits per heavy atom. The van der Waals surface area contributed by atoms with Crippen molar-refractivity contribution in [2.24, 2.45) is 4.99 Å². The summed E-state index contributed by atoms with van der Waals surface area (Å²) in [5.41, 5.74) is 5.51. The predicted octanol–water partition coefficient (Wildman–Crippen LogP) is 3.88. The van der Waals surface area contributed by atoms with Gasteiger partial charge in [-0.05, 0) is 23.8 Å². The Bertz CT molecular complexity index is 811. The maximum absolute atomic E-state index is 6.19. The molecule has 0 aliphatic carbocycles. The average Bonchev–Trinajstić information content (AvgIpc) is 2.74. The molecule has 0 N–H and O–H groups in total. The van der Waals surface area contributed by atoms with E-state index in [0.717, 1.165) is 35.7 Å². The molecule has 0 bridgehead atoms. The smallest absolute Gasteiger partial charge is 0.129 e. The Labute approximate surface area is 140 Å². The van der Waals surface area contributed by atoms with Crippen molar-refractivity contribution in [2.75, 3.05) is 26.7 Å². The standard InChI is InChI=1S/C19H17ClN2O/c1-22-10-9-21-18-15-11-14(20)7-8-17(15)23-12-16(18)19(22)13-5-3-2-4-6-13/h2-8,11H,9-10,12H2,1H3. The molecule has 0 fully saturated rings. The zero-order chi connectivity index (χ0) is 15.8. The fourth-order valence-corrected chi connectivity index (χ4v) is 3.37. The van der Waals surface area contributed by atoms with Crippen molar-refractivity contribution in [3.05, 3.63) is 70.3 Å². The number of aliphatic imine (C=N–C) groups is 1. The van der Waals surface area contributed by atoms with Crippen molar-refractivity contribution in [2.45, 2.75) is 0 Å². The van der Waals surface area contributed by atoms with Crippen LogP contribution in [0.4, 0.5) is 0 Å². The summed E-state index contributed by atoms with van der Waals surface area (Å²) in [6.45, 7) is 2.17. The molecule has 0 saturated carbocycles. The molecular formula is C19H17ClN2O. The van der Waals surface area contributed by atoms with Gasteiger partial charge in [0.2, 0.25) is 0 Å². The molecule has 0 radical (unpaired) electrons. The Morgan fingerprint density at radius 2 is 1.96 bits per heavy atom. The number of hydrogen-bond donors (Lipinski definition) is 0. The van der Waals surface area contributed by atoms with E-state index in [2.05, 4.69) is 36.2 Å². The molecule has 0 unspecified atom stereocenters. The molecule has 0 amide bonds. The summed E-state index contributed by atoms with van der Waals surface area (Å²) in [5, 5.41) is 0.704. The molecule has 23 heavy (non-hydrogen) atoms. The Kier molecular flexibility index (Phi) is 3.58. The van der Waals surface area contributed by atoms with Crippen LogP contribution in [0.2, 0.25) is 5.02 Å². The van der Waals surface area contributed by atoms with Gasteiger partial charge >= 0.3 is 0 Å². The van der Waals surface area contributed by atoms with Crippen LogP contribution < -0.4 is 4.74 Å². The zero-order valence-electron chi connectivity index (χ0n) is 12.9. The summed E-state index contributed by atoms with van der Waals surface area (Å²) in [4.78, 5) is 7.10. The largest absolute Gasteiger partial charge is 0.488 e. The van der Waals surface area contributed by atoms with E-state index >= 15 is 0 Å². The van der Waals surface area contributed by atoms with Crippen molar-refractivity contribution in [1.82, 2.24) is 4.90 Å². The highest BCUT2D eigenvalue weighted by Gasteiger charge is 2.28. The first-order chi connectivity index (χ1) is 11.2. The van der Waals surface area contributed by atoms with Crippen LogP contribution in [0.5, 0.6) is 5.75 Å². The van der Waals surface area contributed by atoms with E-state index in [1.54, 1.807) is 0 Å². The number of nitrogens with zero attached hydrogens (tertiary/aromatic N) is 2. The monoisotopic (exact) mass is 324 g/mol. The highest BCUT2D eigenvalue weighted by Crippen LogP contribution is 2.35. The molecule has 0 spiro atoms. The van der Waals surface area contributed by atoms with E-state index in [4.69, 9.17) is 21.3 Å². The summed E-state index contributed by atoms with van der Waals surface area (Å²) >= 11 is 6.19. The lowest BCUT2D eigenvalue weighted by atomic mass is 9.95. The van der Waals surface area contributed by atoms with Crippen molar-refractivity contribution < 1.29 is 4.74 Å². The molecule has 0 atom stereocenters. The van der Waals surface area contributed by atoms with Gasteiger partial charge in [0.15, 0.2) is 0 Å². The van der Waals surface area contributed by atoms with E-state index in [1.165, 1.54) is 11.3 Å². The number of benzene rings is 2. The zero-order valence-corrected chi connectivity index (χ0v) is 13.7. The van der Waals surface area contributed by atoms with Gasteiger partial charge in [0.1, 0.15) is 12.4 Å². The van der Waals surface area contributed by atoms with Crippen molar-refractivity contribution in [3.8, 4) is 5.75 Å². The predicted molar refractivity (Wildman–Crippen MR) is 94.3 cm³/mol. The van der Waals surface area contributed by atoms with Crippen LogP contribution in [0.25, 0.3) is 5.70 Å². The summed E-state index contributed by atoms with van der Waals surface area (Å²) in [7, 11) is 2.11. The lowest BCUT2D eigenvalue weighted by molar-refractivity contribution is 0.349. The number of fused-ring (bicyclic) bond motifs is 3. The minimum absolute atomic E-state index is 0.530. The van der Waals surface area contributed by atoms with Gasteiger partial charge in [0.05, 0.1) is 18.0 Å². The third kappa shape index (κ3) is 2.51. The number of hydrogen-bond acceptors (Lipinski definition) is 3. The molecule has 2 aromatic rings. The topological polar surface area (TPSA) is 24.8 Å². The lowest BCUT2D eigenvalue weighted by Crippen LogP contribution is -2.25. The fraction of sp³-hybridized carbons (Fsp3) is 0.211. The minimum Gasteiger partial charge on any atom is -0.488 e. The van der Waals surface area contributed by atoms with Crippen LogP contribution in [0.1, 0.15) is 11.1 Å². The van der Waals surface area contributed by atoms with Gasteiger partial charge in [-0.3, -0.25) is 4.99 Å². The fourth-order valence-electron chi connectivity index (χ4n) is 3.20. The SMILES string of the molecule is CN1CCN=C2C(=C1c1ccccc1)COc1ccc(Cl)cc12. The molecule has 4 rings (SSSR count). The number of ether oxygens (including phenoxy) is 1. The van der Waals surface area contributed by atoms with E-state index in [-0.39, 0.29) is 0 Å². The molecule has 0 saturated heterocycles. The van der Waals surface area contributed by atoms with Gasteiger partial charge in [-0.1, -0.05) is 41.9 Å². The number of rotatable bonds is 1. The van der Waals surface area contributed by atoms with Gasteiger partial charge < -0.3 is 9.64 Å². The second kappa shape index (κ2) is 5.74. The van der Waals surface area contributed by atoms with E-state index < -0.39 is 0 Å². The highest BCUT2D eigenvalue weighted by atomic mass is 35.5. The second-order valence-corrected chi connectivity index (χ2v) is 6.21. The molecule has 2 aromatic carbocycles. The molecule has 3 nitrogen and oxygen atoms in total. The molecule has 2 aliphatic rings. The third-order valence-electron chi connectivity index (χ3n) is 4.27. The van der Waals surface area contributed by atoms with Crippen LogP contribution in [0.3, 0.4) is 0 Å². The van der Waals surface area contributed by atoms with E-state index in [0.29, 0.717) is 11.6 Å².